The first-order valence-electron chi connectivity index (χ1n) is 5.30. The van der Waals surface area contributed by atoms with Crippen LogP contribution in [0.15, 0.2) is 30.3 Å². The van der Waals surface area contributed by atoms with Gasteiger partial charge in [-0.15, -0.1) is 0 Å². The SMILES string of the molecule is [CH2]C(C#N)c1cc(C#N)cc2cc(C#N)ccc12. The van der Waals surface area contributed by atoms with Gasteiger partial charge < -0.3 is 0 Å². The Morgan fingerprint density at radius 1 is 0.944 bits per heavy atom. The summed E-state index contributed by atoms with van der Waals surface area (Å²) in [4.78, 5) is 0. The Bertz CT molecular complexity index is 734. The average molecular weight is 230 g/mol. The Morgan fingerprint density at radius 2 is 1.61 bits per heavy atom. The maximum Gasteiger partial charge on any atom is 0.0991 e. The summed E-state index contributed by atoms with van der Waals surface area (Å²) in [6.45, 7) is 3.76. The maximum absolute atomic E-state index is 8.98. The summed E-state index contributed by atoms with van der Waals surface area (Å²) in [7, 11) is 0. The number of hydrogen-bond donors (Lipinski definition) is 0. The van der Waals surface area contributed by atoms with Crippen LogP contribution in [-0.4, -0.2) is 0 Å². The number of hydrogen-bond acceptors (Lipinski definition) is 3. The number of benzene rings is 2. The number of nitrogens with zero attached hydrogens (tertiary/aromatic N) is 3. The lowest BCUT2D eigenvalue weighted by molar-refractivity contribution is 1.11. The van der Waals surface area contributed by atoms with Gasteiger partial charge in [-0.05, 0) is 47.5 Å². The highest BCUT2D eigenvalue weighted by molar-refractivity contribution is 5.89. The van der Waals surface area contributed by atoms with E-state index in [1.165, 1.54) is 0 Å². The number of rotatable bonds is 1. The first-order valence-corrected chi connectivity index (χ1v) is 5.30. The molecule has 0 bridgehead atoms. The van der Waals surface area contributed by atoms with Gasteiger partial charge in [0.2, 0.25) is 0 Å². The third-order valence-electron chi connectivity index (χ3n) is 2.77. The van der Waals surface area contributed by atoms with E-state index in [0.717, 1.165) is 16.3 Å². The van der Waals surface area contributed by atoms with Gasteiger partial charge in [0.15, 0.2) is 0 Å². The summed E-state index contributed by atoms with van der Waals surface area (Å²) in [5.74, 6) is -0.534. The first kappa shape index (κ1) is 11.6. The van der Waals surface area contributed by atoms with E-state index in [1.807, 2.05) is 0 Å². The molecule has 18 heavy (non-hydrogen) atoms. The van der Waals surface area contributed by atoms with Gasteiger partial charge in [-0.2, -0.15) is 15.8 Å². The van der Waals surface area contributed by atoms with Crippen LogP contribution in [0.1, 0.15) is 22.6 Å². The van der Waals surface area contributed by atoms with E-state index in [0.29, 0.717) is 11.1 Å². The minimum Gasteiger partial charge on any atom is -0.198 e. The Kier molecular flexibility index (Phi) is 2.96. The van der Waals surface area contributed by atoms with Crippen LogP contribution in [0.2, 0.25) is 0 Å². The molecular formula is C15H8N3. The first-order chi connectivity index (χ1) is 8.69. The van der Waals surface area contributed by atoms with E-state index in [1.54, 1.807) is 30.3 Å². The fourth-order valence-electron chi connectivity index (χ4n) is 1.89. The zero-order chi connectivity index (χ0) is 13.1. The predicted molar refractivity (Wildman–Crippen MR) is 67.1 cm³/mol. The molecule has 0 aliphatic rings. The Morgan fingerprint density at radius 3 is 2.22 bits per heavy atom. The molecule has 0 spiro atoms. The molecule has 0 N–H and O–H groups in total. The molecule has 3 nitrogen and oxygen atoms in total. The number of fused-ring (bicyclic) bond motifs is 1. The second-order valence-electron chi connectivity index (χ2n) is 3.91. The van der Waals surface area contributed by atoms with E-state index >= 15 is 0 Å². The summed E-state index contributed by atoms with van der Waals surface area (Å²) in [5, 5.41) is 28.5. The molecule has 2 aromatic carbocycles. The van der Waals surface area contributed by atoms with Crippen LogP contribution in [0.5, 0.6) is 0 Å². The average Bonchev–Trinajstić information content (AvgIpc) is 2.44. The van der Waals surface area contributed by atoms with Crippen LogP contribution >= 0.6 is 0 Å². The largest absolute Gasteiger partial charge is 0.198 e. The molecule has 0 aliphatic carbocycles. The highest BCUT2D eigenvalue weighted by Gasteiger charge is 2.11. The third kappa shape index (κ3) is 1.88. The lowest BCUT2D eigenvalue weighted by atomic mass is 9.93. The minimum absolute atomic E-state index is 0.469. The van der Waals surface area contributed by atoms with Gasteiger partial charge in [-0.1, -0.05) is 6.07 Å². The lowest BCUT2D eigenvalue weighted by Crippen LogP contribution is -1.94. The lowest BCUT2D eigenvalue weighted by Gasteiger charge is -2.09. The standard InChI is InChI=1S/C15H8N3/c1-10(7-16)15-6-12(9-18)5-13-4-11(8-17)2-3-14(13)15/h2-6,10H,1H2. The van der Waals surface area contributed by atoms with Gasteiger partial charge in [-0.25, -0.2) is 0 Å². The van der Waals surface area contributed by atoms with Crippen LogP contribution < -0.4 is 0 Å². The van der Waals surface area contributed by atoms with Crippen LogP contribution in [0.3, 0.4) is 0 Å². The molecule has 1 atom stereocenters. The molecule has 0 aromatic heterocycles. The van der Waals surface area contributed by atoms with E-state index in [2.05, 4.69) is 25.1 Å². The van der Waals surface area contributed by atoms with E-state index in [-0.39, 0.29) is 0 Å². The second-order valence-corrected chi connectivity index (χ2v) is 3.91. The van der Waals surface area contributed by atoms with Crippen molar-refractivity contribution in [2.24, 2.45) is 0 Å². The normalized spacial score (nSPS) is 11.2. The third-order valence-corrected chi connectivity index (χ3v) is 2.77. The van der Waals surface area contributed by atoms with Gasteiger partial charge in [0.05, 0.1) is 35.3 Å². The van der Waals surface area contributed by atoms with Gasteiger partial charge in [0.1, 0.15) is 0 Å². The Labute approximate surface area is 105 Å². The van der Waals surface area contributed by atoms with Gasteiger partial charge >= 0.3 is 0 Å². The molecule has 2 rings (SSSR count). The fourth-order valence-corrected chi connectivity index (χ4v) is 1.89. The Balaban J connectivity index is 2.83. The fraction of sp³-hybridized carbons (Fsp3) is 0.0667. The van der Waals surface area contributed by atoms with Crippen molar-refractivity contribution in [2.45, 2.75) is 5.92 Å². The summed E-state index contributed by atoms with van der Waals surface area (Å²) < 4.78 is 0. The highest BCUT2D eigenvalue weighted by Crippen LogP contribution is 2.27. The van der Waals surface area contributed by atoms with Crippen molar-refractivity contribution < 1.29 is 0 Å². The molecule has 0 heterocycles. The molecule has 3 heteroatoms. The van der Waals surface area contributed by atoms with Crippen molar-refractivity contribution >= 4 is 10.8 Å². The van der Waals surface area contributed by atoms with Crippen LogP contribution in [0.4, 0.5) is 0 Å². The van der Waals surface area contributed by atoms with E-state index < -0.39 is 5.92 Å². The summed E-state index contributed by atoms with van der Waals surface area (Å²) in [6.07, 6.45) is 0. The van der Waals surface area contributed by atoms with Crippen molar-refractivity contribution in [3.63, 3.8) is 0 Å². The van der Waals surface area contributed by atoms with E-state index in [9.17, 15) is 0 Å². The minimum atomic E-state index is -0.534. The van der Waals surface area contributed by atoms with Gasteiger partial charge in [0, 0.05) is 0 Å². The molecule has 83 valence electrons. The smallest absolute Gasteiger partial charge is 0.0991 e. The van der Waals surface area contributed by atoms with E-state index in [4.69, 9.17) is 15.8 Å². The molecule has 2 aromatic rings. The highest BCUT2D eigenvalue weighted by atomic mass is 14.3. The Hall–Kier alpha value is -2.83. The molecule has 0 aliphatic heterocycles. The molecule has 1 radical (unpaired) electrons. The van der Waals surface area contributed by atoms with Crippen LogP contribution in [0, 0.1) is 40.9 Å². The van der Waals surface area contributed by atoms with Crippen molar-refractivity contribution in [3.05, 3.63) is 53.9 Å². The maximum atomic E-state index is 8.98. The predicted octanol–water partition coefficient (Wildman–Crippen LogP) is 3.02. The summed E-state index contributed by atoms with van der Waals surface area (Å²) in [6, 6.07) is 14.8. The molecule has 0 saturated carbocycles. The van der Waals surface area contributed by atoms with Gasteiger partial charge in [-0.3, -0.25) is 0 Å². The quantitative estimate of drug-likeness (QED) is 0.755. The zero-order valence-corrected chi connectivity index (χ0v) is 9.51. The monoisotopic (exact) mass is 230 g/mol. The van der Waals surface area contributed by atoms with Crippen LogP contribution in [-0.2, 0) is 0 Å². The summed E-state index contributed by atoms with van der Waals surface area (Å²) >= 11 is 0. The van der Waals surface area contributed by atoms with Crippen molar-refractivity contribution in [3.8, 4) is 18.2 Å². The summed E-state index contributed by atoms with van der Waals surface area (Å²) in [5.41, 5.74) is 1.72. The number of nitriles is 3. The van der Waals surface area contributed by atoms with Crippen molar-refractivity contribution in [1.29, 1.82) is 15.8 Å². The topological polar surface area (TPSA) is 71.4 Å². The van der Waals surface area contributed by atoms with Gasteiger partial charge in [0.25, 0.3) is 0 Å². The van der Waals surface area contributed by atoms with Crippen molar-refractivity contribution in [1.82, 2.24) is 0 Å². The molecular weight excluding hydrogens is 222 g/mol. The second kappa shape index (κ2) is 4.58. The molecule has 0 saturated heterocycles. The molecule has 0 fully saturated rings. The van der Waals surface area contributed by atoms with Crippen LogP contribution in [0.25, 0.3) is 10.8 Å². The molecule has 0 amide bonds. The molecule has 1 unspecified atom stereocenters. The van der Waals surface area contributed by atoms with Crippen molar-refractivity contribution in [2.75, 3.05) is 0 Å². The zero-order valence-electron chi connectivity index (χ0n) is 9.51.